The Labute approximate surface area is 108 Å². The summed E-state index contributed by atoms with van der Waals surface area (Å²) in [4.78, 5) is 4.21. The highest BCUT2D eigenvalue weighted by Crippen LogP contribution is 2.18. The fourth-order valence-electron chi connectivity index (χ4n) is 1.90. The van der Waals surface area contributed by atoms with Crippen LogP contribution in [0.15, 0.2) is 42.6 Å². The van der Waals surface area contributed by atoms with Gasteiger partial charge in [0, 0.05) is 11.9 Å². The Balaban J connectivity index is 1.93. The van der Waals surface area contributed by atoms with Crippen LogP contribution in [0.2, 0.25) is 0 Å². The summed E-state index contributed by atoms with van der Waals surface area (Å²) in [6, 6.07) is 12.3. The number of benzene rings is 1. The average Bonchev–Trinajstić information content (AvgIpc) is 2.38. The summed E-state index contributed by atoms with van der Waals surface area (Å²) in [5.74, 6) is 0. The molecule has 2 nitrogen and oxygen atoms in total. The molecule has 0 aliphatic rings. The van der Waals surface area contributed by atoms with E-state index in [1.54, 1.807) is 6.20 Å². The highest BCUT2D eigenvalue weighted by Gasteiger charge is 2.07. The highest BCUT2D eigenvalue weighted by atomic mass is 16.3. The zero-order valence-corrected chi connectivity index (χ0v) is 10.9. The van der Waals surface area contributed by atoms with Crippen LogP contribution >= 0.6 is 0 Å². The standard InChI is InChI=1S/C16H19NO/c1-12-3-6-14(7-4-12)8-10-16(18)15-9-5-13(2)17-11-15/h3-7,9,11,16,18H,8,10H2,1-2H3. The van der Waals surface area contributed by atoms with E-state index in [1.807, 2.05) is 19.1 Å². The minimum atomic E-state index is -0.431. The van der Waals surface area contributed by atoms with Gasteiger partial charge in [-0.3, -0.25) is 4.98 Å². The molecule has 2 heteroatoms. The van der Waals surface area contributed by atoms with E-state index in [4.69, 9.17) is 0 Å². The monoisotopic (exact) mass is 241 g/mol. The van der Waals surface area contributed by atoms with Gasteiger partial charge in [0.05, 0.1) is 6.10 Å². The topological polar surface area (TPSA) is 33.1 Å². The maximum Gasteiger partial charge on any atom is 0.0808 e. The van der Waals surface area contributed by atoms with Gasteiger partial charge in [-0.1, -0.05) is 35.9 Å². The molecule has 0 amide bonds. The predicted octanol–water partition coefficient (Wildman–Crippen LogP) is 3.36. The summed E-state index contributed by atoms with van der Waals surface area (Å²) >= 11 is 0. The van der Waals surface area contributed by atoms with Crippen LogP contribution in [0, 0.1) is 13.8 Å². The number of rotatable bonds is 4. The van der Waals surface area contributed by atoms with Crippen molar-refractivity contribution in [2.45, 2.75) is 32.8 Å². The van der Waals surface area contributed by atoms with Crippen molar-refractivity contribution in [2.75, 3.05) is 0 Å². The second-order valence-corrected chi connectivity index (χ2v) is 4.77. The number of aliphatic hydroxyl groups is 1. The molecule has 2 rings (SSSR count). The lowest BCUT2D eigenvalue weighted by atomic mass is 10.0. The lowest BCUT2D eigenvalue weighted by Gasteiger charge is -2.10. The average molecular weight is 241 g/mol. The van der Waals surface area contributed by atoms with Gasteiger partial charge in [-0.2, -0.15) is 0 Å². The number of aromatic nitrogens is 1. The third-order valence-corrected chi connectivity index (χ3v) is 3.15. The third-order valence-electron chi connectivity index (χ3n) is 3.15. The molecular formula is C16H19NO. The molecule has 1 aromatic carbocycles. The van der Waals surface area contributed by atoms with Crippen molar-refractivity contribution in [3.8, 4) is 0 Å². The molecule has 1 atom stereocenters. The van der Waals surface area contributed by atoms with Crippen LogP contribution in [0.5, 0.6) is 0 Å². The summed E-state index contributed by atoms with van der Waals surface area (Å²) in [7, 11) is 0. The van der Waals surface area contributed by atoms with Crippen LogP contribution in [-0.2, 0) is 6.42 Å². The lowest BCUT2D eigenvalue weighted by molar-refractivity contribution is 0.167. The first-order valence-electron chi connectivity index (χ1n) is 6.31. The number of pyridine rings is 1. The number of hydrogen-bond donors (Lipinski definition) is 1. The Morgan fingerprint density at radius 3 is 2.39 bits per heavy atom. The van der Waals surface area contributed by atoms with Crippen LogP contribution in [0.4, 0.5) is 0 Å². The van der Waals surface area contributed by atoms with Gasteiger partial charge in [0.2, 0.25) is 0 Å². The van der Waals surface area contributed by atoms with Crippen molar-refractivity contribution in [1.82, 2.24) is 4.98 Å². The normalized spacial score (nSPS) is 12.4. The molecule has 1 heterocycles. The minimum Gasteiger partial charge on any atom is -0.388 e. The van der Waals surface area contributed by atoms with Gasteiger partial charge in [0.25, 0.3) is 0 Å². The predicted molar refractivity (Wildman–Crippen MR) is 73.4 cm³/mol. The summed E-state index contributed by atoms with van der Waals surface area (Å²) in [5, 5.41) is 10.1. The Hall–Kier alpha value is -1.67. The summed E-state index contributed by atoms with van der Waals surface area (Å²) in [6.07, 6.45) is 2.94. The lowest BCUT2D eigenvalue weighted by Crippen LogP contribution is -2.00. The maximum atomic E-state index is 10.1. The largest absolute Gasteiger partial charge is 0.388 e. The Morgan fingerprint density at radius 2 is 1.78 bits per heavy atom. The summed E-state index contributed by atoms with van der Waals surface area (Å²) in [6.45, 7) is 4.03. The molecule has 0 fully saturated rings. The molecule has 1 unspecified atom stereocenters. The number of nitrogens with zero attached hydrogens (tertiary/aromatic N) is 1. The van der Waals surface area contributed by atoms with Crippen LogP contribution in [0.25, 0.3) is 0 Å². The smallest absolute Gasteiger partial charge is 0.0808 e. The quantitative estimate of drug-likeness (QED) is 0.890. The fourth-order valence-corrected chi connectivity index (χ4v) is 1.90. The van der Waals surface area contributed by atoms with Gasteiger partial charge in [0.15, 0.2) is 0 Å². The van der Waals surface area contributed by atoms with Crippen molar-refractivity contribution in [3.63, 3.8) is 0 Å². The van der Waals surface area contributed by atoms with E-state index in [-0.39, 0.29) is 0 Å². The van der Waals surface area contributed by atoms with Gasteiger partial charge in [-0.15, -0.1) is 0 Å². The molecule has 0 bridgehead atoms. The molecule has 0 aliphatic heterocycles. The van der Waals surface area contributed by atoms with Crippen molar-refractivity contribution >= 4 is 0 Å². The zero-order valence-electron chi connectivity index (χ0n) is 10.9. The van der Waals surface area contributed by atoms with E-state index in [0.717, 1.165) is 24.1 Å². The molecule has 0 aliphatic carbocycles. The van der Waals surface area contributed by atoms with E-state index < -0.39 is 6.10 Å². The molecule has 0 saturated heterocycles. The van der Waals surface area contributed by atoms with Crippen molar-refractivity contribution in [3.05, 3.63) is 65.0 Å². The molecule has 94 valence electrons. The molecule has 0 radical (unpaired) electrons. The summed E-state index contributed by atoms with van der Waals surface area (Å²) in [5.41, 5.74) is 4.40. The second kappa shape index (κ2) is 5.78. The van der Waals surface area contributed by atoms with E-state index in [9.17, 15) is 5.11 Å². The van der Waals surface area contributed by atoms with Crippen LogP contribution < -0.4 is 0 Å². The second-order valence-electron chi connectivity index (χ2n) is 4.77. The van der Waals surface area contributed by atoms with Crippen LogP contribution in [0.1, 0.15) is 34.9 Å². The highest BCUT2D eigenvalue weighted by molar-refractivity contribution is 5.22. The Kier molecular flexibility index (Phi) is 4.11. The van der Waals surface area contributed by atoms with Gasteiger partial charge < -0.3 is 5.11 Å². The van der Waals surface area contributed by atoms with Gasteiger partial charge in [-0.05, 0) is 43.9 Å². The minimum absolute atomic E-state index is 0.431. The van der Waals surface area contributed by atoms with Crippen LogP contribution in [-0.4, -0.2) is 10.1 Å². The molecule has 1 N–H and O–H groups in total. The maximum absolute atomic E-state index is 10.1. The van der Waals surface area contributed by atoms with Gasteiger partial charge in [0.1, 0.15) is 0 Å². The first-order chi connectivity index (χ1) is 8.65. The van der Waals surface area contributed by atoms with E-state index in [2.05, 4.69) is 36.2 Å². The van der Waals surface area contributed by atoms with Crippen LogP contribution in [0.3, 0.4) is 0 Å². The van der Waals surface area contributed by atoms with Crippen molar-refractivity contribution in [1.29, 1.82) is 0 Å². The molecule has 1 aromatic heterocycles. The number of hydrogen-bond acceptors (Lipinski definition) is 2. The molecule has 2 aromatic rings. The fraction of sp³-hybridized carbons (Fsp3) is 0.312. The summed E-state index contributed by atoms with van der Waals surface area (Å²) < 4.78 is 0. The Morgan fingerprint density at radius 1 is 1.06 bits per heavy atom. The molecule has 18 heavy (non-hydrogen) atoms. The number of aryl methyl sites for hydroxylation is 3. The van der Waals surface area contributed by atoms with E-state index >= 15 is 0 Å². The molecule has 0 saturated carbocycles. The first-order valence-corrected chi connectivity index (χ1v) is 6.31. The van der Waals surface area contributed by atoms with Crippen molar-refractivity contribution in [2.24, 2.45) is 0 Å². The number of aliphatic hydroxyl groups excluding tert-OH is 1. The van der Waals surface area contributed by atoms with E-state index in [0.29, 0.717) is 0 Å². The van der Waals surface area contributed by atoms with E-state index in [1.165, 1.54) is 11.1 Å². The zero-order chi connectivity index (χ0) is 13.0. The van der Waals surface area contributed by atoms with Gasteiger partial charge >= 0.3 is 0 Å². The van der Waals surface area contributed by atoms with Crippen molar-refractivity contribution < 1.29 is 5.11 Å². The van der Waals surface area contributed by atoms with Gasteiger partial charge in [-0.25, -0.2) is 0 Å². The Bertz CT molecular complexity index is 488. The SMILES string of the molecule is Cc1ccc(CCC(O)c2ccc(C)nc2)cc1. The molecule has 0 spiro atoms. The third kappa shape index (κ3) is 3.41. The first kappa shape index (κ1) is 12.8. The molecular weight excluding hydrogens is 222 g/mol.